The van der Waals surface area contributed by atoms with Gasteiger partial charge < -0.3 is 0 Å². The Bertz CT molecular complexity index is 253. The smallest absolute Gasteiger partial charge is 0.182 e. The van der Waals surface area contributed by atoms with E-state index in [2.05, 4.69) is 20.8 Å². The Morgan fingerprint density at radius 2 is 1.67 bits per heavy atom. The molecule has 0 saturated heterocycles. The molecule has 1 unspecified atom stereocenters. The van der Waals surface area contributed by atoms with E-state index in [0.29, 0.717) is 11.8 Å². The summed E-state index contributed by atoms with van der Waals surface area (Å²) in [4.78, 5) is 0. The van der Waals surface area contributed by atoms with Crippen LogP contribution in [0.3, 0.4) is 0 Å². The molecule has 1 aromatic carbocycles. The molecular formula is C11H15O. The first kappa shape index (κ1) is 9.11. The maximum atomic E-state index is 11.4. The van der Waals surface area contributed by atoms with Crippen LogP contribution in [0.5, 0.6) is 5.75 Å². The second-order valence-corrected chi connectivity index (χ2v) is 3.57. The third kappa shape index (κ3) is 1.79. The monoisotopic (exact) mass is 163 g/mol. The Morgan fingerprint density at radius 3 is 2.17 bits per heavy atom. The lowest BCUT2D eigenvalue weighted by Crippen LogP contribution is -2.01. The topological polar surface area (TPSA) is 19.9 Å². The maximum Gasteiger partial charge on any atom is 0.182 e. The van der Waals surface area contributed by atoms with Crippen LogP contribution in [0.1, 0.15) is 32.3 Å². The molecule has 0 bridgehead atoms. The highest BCUT2D eigenvalue weighted by atomic mass is 16.3. The van der Waals surface area contributed by atoms with Crippen LogP contribution in [-0.2, 0) is 5.11 Å². The van der Waals surface area contributed by atoms with Gasteiger partial charge in [0.2, 0.25) is 0 Å². The van der Waals surface area contributed by atoms with Crippen LogP contribution >= 0.6 is 0 Å². The van der Waals surface area contributed by atoms with Crippen LogP contribution < -0.4 is 0 Å². The molecule has 0 aliphatic heterocycles. The summed E-state index contributed by atoms with van der Waals surface area (Å²) >= 11 is 0. The fraction of sp³-hybridized carbons (Fsp3) is 0.455. The van der Waals surface area contributed by atoms with E-state index in [4.69, 9.17) is 0 Å². The molecule has 0 aliphatic carbocycles. The SMILES string of the molecule is CC(C)C(C)c1ccccc1[O]. The van der Waals surface area contributed by atoms with Crippen LogP contribution in [0.2, 0.25) is 0 Å². The van der Waals surface area contributed by atoms with Crippen molar-refractivity contribution in [2.45, 2.75) is 26.7 Å². The Morgan fingerprint density at radius 1 is 1.08 bits per heavy atom. The average Bonchev–Trinajstić information content (AvgIpc) is 2.04. The Labute approximate surface area is 74.1 Å². The highest BCUT2D eigenvalue weighted by molar-refractivity contribution is 5.34. The number of hydrogen-bond donors (Lipinski definition) is 0. The minimum atomic E-state index is 0.165. The van der Waals surface area contributed by atoms with E-state index in [9.17, 15) is 5.11 Å². The summed E-state index contributed by atoms with van der Waals surface area (Å²) in [5.41, 5.74) is 0.938. The van der Waals surface area contributed by atoms with Crippen LogP contribution in [0.15, 0.2) is 24.3 Å². The number of benzene rings is 1. The van der Waals surface area contributed by atoms with Gasteiger partial charge in [-0.05, 0) is 17.9 Å². The first-order valence-electron chi connectivity index (χ1n) is 4.39. The van der Waals surface area contributed by atoms with Crippen molar-refractivity contribution in [2.75, 3.05) is 0 Å². The van der Waals surface area contributed by atoms with E-state index in [1.54, 1.807) is 12.1 Å². The number of para-hydroxylation sites is 1. The van der Waals surface area contributed by atoms with Gasteiger partial charge >= 0.3 is 0 Å². The molecule has 0 aliphatic rings. The van der Waals surface area contributed by atoms with Gasteiger partial charge in [0.05, 0.1) is 0 Å². The van der Waals surface area contributed by atoms with Crippen molar-refractivity contribution in [3.8, 4) is 5.75 Å². The lowest BCUT2D eigenvalue weighted by molar-refractivity contribution is 0.342. The predicted molar refractivity (Wildman–Crippen MR) is 49.8 cm³/mol. The summed E-state index contributed by atoms with van der Waals surface area (Å²) in [5.74, 6) is 1.05. The molecule has 0 spiro atoms. The van der Waals surface area contributed by atoms with Gasteiger partial charge in [-0.1, -0.05) is 39.0 Å². The molecule has 0 amide bonds. The molecular weight excluding hydrogens is 148 g/mol. The van der Waals surface area contributed by atoms with Gasteiger partial charge in [0.25, 0.3) is 0 Å². The van der Waals surface area contributed by atoms with Crippen molar-refractivity contribution >= 4 is 0 Å². The molecule has 0 saturated carbocycles. The Balaban J connectivity index is 2.94. The zero-order chi connectivity index (χ0) is 9.14. The molecule has 0 N–H and O–H groups in total. The second-order valence-electron chi connectivity index (χ2n) is 3.57. The van der Waals surface area contributed by atoms with E-state index >= 15 is 0 Å². The van der Waals surface area contributed by atoms with E-state index in [-0.39, 0.29) is 5.75 Å². The standard InChI is InChI=1S/C11H15O/c1-8(2)9(3)10-6-4-5-7-11(10)12/h4-9H,1-3H3. The molecule has 0 fully saturated rings. The second kappa shape index (κ2) is 3.61. The molecule has 0 heterocycles. The minimum absolute atomic E-state index is 0.165. The molecule has 0 aromatic heterocycles. The van der Waals surface area contributed by atoms with Crippen LogP contribution in [-0.4, -0.2) is 0 Å². The number of hydrogen-bond acceptors (Lipinski definition) is 0. The van der Waals surface area contributed by atoms with Gasteiger partial charge in [-0.25, -0.2) is 0 Å². The van der Waals surface area contributed by atoms with Gasteiger partial charge in [0.15, 0.2) is 5.75 Å². The average molecular weight is 163 g/mol. The maximum absolute atomic E-state index is 11.4. The molecule has 1 nitrogen and oxygen atoms in total. The Hall–Kier alpha value is -0.980. The highest BCUT2D eigenvalue weighted by Gasteiger charge is 2.13. The van der Waals surface area contributed by atoms with Gasteiger partial charge in [-0.3, -0.25) is 5.11 Å². The van der Waals surface area contributed by atoms with Gasteiger partial charge in [0.1, 0.15) is 0 Å². The summed E-state index contributed by atoms with van der Waals surface area (Å²) in [6.07, 6.45) is 0. The van der Waals surface area contributed by atoms with E-state index < -0.39 is 0 Å². The predicted octanol–water partition coefficient (Wildman–Crippen LogP) is 3.59. The molecule has 1 rings (SSSR count). The highest BCUT2D eigenvalue weighted by Crippen LogP contribution is 2.30. The van der Waals surface area contributed by atoms with Gasteiger partial charge in [0, 0.05) is 5.56 Å². The summed E-state index contributed by atoms with van der Waals surface area (Å²) in [5, 5.41) is 11.4. The van der Waals surface area contributed by atoms with Crippen LogP contribution in [0.25, 0.3) is 0 Å². The zero-order valence-electron chi connectivity index (χ0n) is 7.87. The first-order chi connectivity index (χ1) is 5.63. The summed E-state index contributed by atoms with van der Waals surface area (Å²) in [6.45, 7) is 6.37. The minimum Gasteiger partial charge on any atom is -0.290 e. The summed E-state index contributed by atoms with van der Waals surface area (Å²) in [7, 11) is 0. The molecule has 65 valence electrons. The largest absolute Gasteiger partial charge is 0.290 e. The lowest BCUT2D eigenvalue weighted by atomic mass is 9.90. The quantitative estimate of drug-likeness (QED) is 0.635. The molecule has 1 heteroatoms. The lowest BCUT2D eigenvalue weighted by Gasteiger charge is -2.15. The van der Waals surface area contributed by atoms with Crippen molar-refractivity contribution in [1.29, 1.82) is 0 Å². The van der Waals surface area contributed by atoms with Crippen molar-refractivity contribution in [2.24, 2.45) is 5.92 Å². The van der Waals surface area contributed by atoms with E-state index in [1.807, 2.05) is 12.1 Å². The number of rotatable bonds is 2. The molecule has 1 aromatic rings. The van der Waals surface area contributed by atoms with Crippen molar-refractivity contribution in [1.82, 2.24) is 0 Å². The molecule has 1 radical (unpaired) electrons. The van der Waals surface area contributed by atoms with Gasteiger partial charge in [-0.15, -0.1) is 0 Å². The Kier molecular flexibility index (Phi) is 2.74. The van der Waals surface area contributed by atoms with Crippen LogP contribution in [0, 0.1) is 5.92 Å². The van der Waals surface area contributed by atoms with Crippen molar-refractivity contribution < 1.29 is 5.11 Å². The summed E-state index contributed by atoms with van der Waals surface area (Å²) in [6, 6.07) is 7.27. The van der Waals surface area contributed by atoms with E-state index in [1.165, 1.54) is 0 Å². The molecule has 1 atom stereocenters. The zero-order valence-corrected chi connectivity index (χ0v) is 7.87. The fourth-order valence-corrected chi connectivity index (χ4v) is 1.22. The fourth-order valence-electron chi connectivity index (χ4n) is 1.22. The van der Waals surface area contributed by atoms with E-state index in [0.717, 1.165) is 5.56 Å². The third-order valence-electron chi connectivity index (χ3n) is 2.41. The van der Waals surface area contributed by atoms with Crippen LogP contribution in [0.4, 0.5) is 0 Å². The molecule has 12 heavy (non-hydrogen) atoms. The van der Waals surface area contributed by atoms with Crippen molar-refractivity contribution in [3.05, 3.63) is 29.8 Å². The van der Waals surface area contributed by atoms with Gasteiger partial charge in [-0.2, -0.15) is 0 Å². The third-order valence-corrected chi connectivity index (χ3v) is 2.41. The first-order valence-corrected chi connectivity index (χ1v) is 4.39. The normalized spacial score (nSPS) is 13.3. The van der Waals surface area contributed by atoms with Crippen molar-refractivity contribution in [3.63, 3.8) is 0 Å². The summed E-state index contributed by atoms with van der Waals surface area (Å²) < 4.78 is 0.